The number of esters is 1. The van der Waals surface area contributed by atoms with Crippen molar-refractivity contribution in [1.29, 1.82) is 0 Å². The van der Waals surface area contributed by atoms with Gasteiger partial charge in [0.2, 0.25) is 12.3 Å². The number of carbonyl (C=O) groups is 3. The Labute approximate surface area is 128 Å². The lowest BCUT2D eigenvalue weighted by Crippen LogP contribution is -2.43. The molecule has 0 saturated heterocycles. The van der Waals surface area contributed by atoms with Crippen molar-refractivity contribution in [3.63, 3.8) is 0 Å². The number of carbonyl (C=O) groups excluding carboxylic acids is 3. The highest BCUT2D eigenvalue weighted by Gasteiger charge is 2.25. The fourth-order valence-electron chi connectivity index (χ4n) is 2.21. The van der Waals surface area contributed by atoms with E-state index in [-0.39, 0.29) is 25.0 Å². The fraction of sp³-hybridized carbons (Fsp3) is 0.400. The number of aryl methyl sites for hydroxylation is 1. The molecule has 7 nitrogen and oxygen atoms in total. The van der Waals surface area contributed by atoms with Crippen LogP contribution in [0, 0.1) is 6.92 Å². The Bertz CT molecular complexity index is 574. The van der Waals surface area contributed by atoms with Crippen molar-refractivity contribution in [2.24, 2.45) is 0 Å². The lowest BCUT2D eigenvalue weighted by Gasteiger charge is -2.29. The summed E-state index contributed by atoms with van der Waals surface area (Å²) in [5.74, 6) is -0.0624. The van der Waals surface area contributed by atoms with E-state index in [1.54, 1.807) is 11.0 Å². The molecular weight excluding hydrogens is 286 g/mol. The van der Waals surface area contributed by atoms with Gasteiger partial charge in [-0.05, 0) is 31.0 Å². The molecule has 1 aliphatic rings. The predicted molar refractivity (Wildman–Crippen MR) is 80.7 cm³/mol. The highest BCUT2D eigenvalue weighted by atomic mass is 16.5. The minimum Gasteiger partial charge on any atom is -0.423 e. The highest BCUT2D eigenvalue weighted by molar-refractivity contribution is 5.89. The quantitative estimate of drug-likeness (QED) is 0.320. The molecule has 0 spiro atoms. The van der Waals surface area contributed by atoms with Crippen LogP contribution in [0.1, 0.15) is 12.0 Å². The number of benzene rings is 1. The number of anilines is 1. The van der Waals surface area contributed by atoms with E-state index in [9.17, 15) is 14.4 Å². The molecule has 0 radical (unpaired) electrons. The third-order valence-electron chi connectivity index (χ3n) is 3.24. The standard InChI is InChI=1S/C15H19N3O4/c1-11-3-4-12-13(7-11)22-15(21)9-18(12)8-14(20)17-6-2-5-16-10-19/h3-4,7,10H,2,5-6,8-9H2,1H3,(H,16,19)(H,17,20). The second-order valence-electron chi connectivity index (χ2n) is 5.08. The Morgan fingerprint density at radius 1 is 1.41 bits per heavy atom. The first-order chi connectivity index (χ1) is 10.6. The topological polar surface area (TPSA) is 87.7 Å². The van der Waals surface area contributed by atoms with Crippen LogP contribution in [0.15, 0.2) is 18.2 Å². The highest BCUT2D eigenvalue weighted by Crippen LogP contribution is 2.32. The summed E-state index contributed by atoms with van der Waals surface area (Å²) in [4.78, 5) is 35.3. The Balaban J connectivity index is 1.91. The predicted octanol–water partition coefficient (Wildman–Crippen LogP) is -0.0273. The van der Waals surface area contributed by atoms with E-state index >= 15 is 0 Å². The number of rotatable bonds is 7. The van der Waals surface area contributed by atoms with Crippen molar-refractivity contribution >= 4 is 24.0 Å². The average molecular weight is 305 g/mol. The maximum Gasteiger partial charge on any atom is 0.331 e. The summed E-state index contributed by atoms with van der Waals surface area (Å²) >= 11 is 0. The summed E-state index contributed by atoms with van der Waals surface area (Å²) in [6, 6.07) is 5.54. The maximum absolute atomic E-state index is 11.9. The molecule has 7 heteroatoms. The van der Waals surface area contributed by atoms with E-state index in [4.69, 9.17) is 4.74 Å². The van der Waals surface area contributed by atoms with E-state index < -0.39 is 0 Å². The van der Waals surface area contributed by atoms with E-state index in [1.165, 1.54) is 0 Å². The first-order valence-electron chi connectivity index (χ1n) is 7.10. The Morgan fingerprint density at radius 3 is 3.00 bits per heavy atom. The van der Waals surface area contributed by atoms with Crippen molar-refractivity contribution in [2.45, 2.75) is 13.3 Å². The minimum atomic E-state index is -0.374. The number of nitrogens with one attached hydrogen (secondary N) is 2. The van der Waals surface area contributed by atoms with Gasteiger partial charge < -0.3 is 20.3 Å². The van der Waals surface area contributed by atoms with Crippen LogP contribution in [0.2, 0.25) is 0 Å². The molecule has 1 aromatic rings. The SMILES string of the molecule is Cc1ccc2c(c1)OC(=O)CN2CC(=O)NCCCNC=O. The zero-order chi connectivity index (χ0) is 15.9. The van der Waals surface area contributed by atoms with Gasteiger partial charge in [0.25, 0.3) is 0 Å². The molecular formula is C15H19N3O4. The summed E-state index contributed by atoms with van der Waals surface area (Å²) in [6.45, 7) is 3.04. The molecule has 1 aromatic carbocycles. The largest absolute Gasteiger partial charge is 0.423 e. The molecule has 0 aliphatic carbocycles. The van der Waals surface area contributed by atoms with Gasteiger partial charge in [-0.2, -0.15) is 0 Å². The van der Waals surface area contributed by atoms with Gasteiger partial charge in [0.15, 0.2) is 5.75 Å². The Kier molecular flexibility index (Phi) is 5.35. The fourth-order valence-corrected chi connectivity index (χ4v) is 2.21. The van der Waals surface area contributed by atoms with Crippen molar-refractivity contribution in [2.75, 3.05) is 31.1 Å². The molecule has 0 unspecified atom stereocenters. The molecule has 2 rings (SSSR count). The zero-order valence-corrected chi connectivity index (χ0v) is 12.4. The molecule has 0 aromatic heterocycles. The number of hydrogen-bond acceptors (Lipinski definition) is 5. The van der Waals surface area contributed by atoms with E-state index in [1.807, 2.05) is 19.1 Å². The van der Waals surface area contributed by atoms with Crippen LogP contribution >= 0.6 is 0 Å². The van der Waals surface area contributed by atoms with Gasteiger partial charge in [-0.25, -0.2) is 4.79 Å². The van der Waals surface area contributed by atoms with Gasteiger partial charge in [0.05, 0.1) is 12.2 Å². The molecule has 0 fully saturated rings. The lowest BCUT2D eigenvalue weighted by molar-refractivity contribution is -0.133. The molecule has 0 atom stereocenters. The van der Waals surface area contributed by atoms with Gasteiger partial charge in [0.1, 0.15) is 6.54 Å². The number of amides is 2. The Hall–Kier alpha value is -2.57. The molecule has 0 saturated carbocycles. The number of nitrogens with zero attached hydrogens (tertiary/aromatic N) is 1. The van der Waals surface area contributed by atoms with Crippen LogP contribution in [0.3, 0.4) is 0 Å². The lowest BCUT2D eigenvalue weighted by atomic mass is 10.1. The second-order valence-corrected chi connectivity index (χ2v) is 5.08. The molecule has 2 N–H and O–H groups in total. The smallest absolute Gasteiger partial charge is 0.331 e. The average Bonchev–Trinajstić information content (AvgIpc) is 2.46. The third-order valence-corrected chi connectivity index (χ3v) is 3.24. The summed E-state index contributed by atoms with van der Waals surface area (Å²) in [5.41, 5.74) is 1.73. The van der Waals surface area contributed by atoms with Gasteiger partial charge in [-0.15, -0.1) is 0 Å². The van der Waals surface area contributed by atoms with Crippen molar-refractivity contribution in [1.82, 2.24) is 10.6 Å². The van der Waals surface area contributed by atoms with Crippen LogP contribution in [-0.2, 0) is 14.4 Å². The van der Waals surface area contributed by atoms with E-state index in [0.717, 1.165) is 11.3 Å². The van der Waals surface area contributed by atoms with Crippen LogP contribution in [-0.4, -0.2) is 44.5 Å². The molecule has 22 heavy (non-hydrogen) atoms. The molecule has 0 bridgehead atoms. The normalized spacial score (nSPS) is 13.1. The summed E-state index contributed by atoms with van der Waals surface area (Å²) in [7, 11) is 0. The van der Waals surface area contributed by atoms with E-state index in [0.29, 0.717) is 31.7 Å². The second kappa shape index (κ2) is 7.44. The summed E-state index contributed by atoms with van der Waals surface area (Å²) < 4.78 is 5.20. The van der Waals surface area contributed by atoms with Crippen molar-refractivity contribution < 1.29 is 19.1 Å². The third kappa shape index (κ3) is 4.21. The maximum atomic E-state index is 11.9. The summed E-state index contributed by atoms with van der Waals surface area (Å²) in [6.07, 6.45) is 1.28. The number of hydrogen-bond donors (Lipinski definition) is 2. The van der Waals surface area contributed by atoms with Gasteiger partial charge >= 0.3 is 5.97 Å². The molecule has 118 valence electrons. The van der Waals surface area contributed by atoms with Crippen LogP contribution in [0.4, 0.5) is 5.69 Å². The van der Waals surface area contributed by atoms with Crippen LogP contribution in [0.25, 0.3) is 0 Å². The van der Waals surface area contributed by atoms with Crippen LogP contribution < -0.4 is 20.3 Å². The van der Waals surface area contributed by atoms with Crippen LogP contribution in [0.5, 0.6) is 5.75 Å². The van der Waals surface area contributed by atoms with Gasteiger partial charge in [-0.3, -0.25) is 9.59 Å². The monoisotopic (exact) mass is 305 g/mol. The first-order valence-corrected chi connectivity index (χ1v) is 7.10. The van der Waals surface area contributed by atoms with Gasteiger partial charge in [0, 0.05) is 13.1 Å². The zero-order valence-electron chi connectivity index (χ0n) is 12.4. The van der Waals surface area contributed by atoms with Crippen molar-refractivity contribution in [3.05, 3.63) is 23.8 Å². The first kappa shape index (κ1) is 15.8. The molecule has 1 heterocycles. The summed E-state index contributed by atoms with van der Waals surface area (Å²) in [5, 5.41) is 5.28. The molecule has 2 amide bonds. The molecule has 1 aliphatic heterocycles. The number of ether oxygens (including phenoxy) is 1. The van der Waals surface area contributed by atoms with Gasteiger partial charge in [-0.1, -0.05) is 6.07 Å². The number of fused-ring (bicyclic) bond motifs is 1. The minimum absolute atomic E-state index is 0.0518. The van der Waals surface area contributed by atoms with Crippen molar-refractivity contribution in [3.8, 4) is 5.75 Å². The van der Waals surface area contributed by atoms with E-state index in [2.05, 4.69) is 10.6 Å². The Morgan fingerprint density at radius 2 is 2.23 bits per heavy atom.